The first-order valence-corrected chi connectivity index (χ1v) is 11.7. The molecule has 0 radical (unpaired) electrons. The van der Waals surface area contributed by atoms with Gasteiger partial charge in [0.05, 0.1) is 13.2 Å². The molecule has 0 amide bonds. The second-order valence-electron chi connectivity index (χ2n) is 8.31. The van der Waals surface area contributed by atoms with Gasteiger partial charge in [0.1, 0.15) is 18.0 Å². The number of ether oxygens (including phenoxy) is 2. The molecule has 0 unspecified atom stereocenters. The van der Waals surface area contributed by atoms with Crippen LogP contribution in [0.2, 0.25) is 0 Å². The van der Waals surface area contributed by atoms with E-state index in [0.29, 0.717) is 18.7 Å². The minimum absolute atomic E-state index is 0. The average Bonchev–Trinajstić information content (AvgIpc) is 3.53. The highest BCUT2D eigenvalue weighted by atomic mass is 79.9. The van der Waals surface area contributed by atoms with Gasteiger partial charge in [-0.15, -0.1) is 0 Å². The van der Waals surface area contributed by atoms with Gasteiger partial charge in [0, 0.05) is 39.6 Å². The van der Waals surface area contributed by atoms with Gasteiger partial charge in [-0.05, 0) is 30.3 Å². The van der Waals surface area contributed by atoms with Crippen LogP contribution in [0.4, 0.5) is 0 Å². The zero-order chi connectivity index (χ0) is 21.7. The molecule has 5 nitrogen and oxygen atoms in total. The third-order valence-electron chi connectivity index (χ3n) is 6.35. The largest absolute Gasteiger partial charge is 1.00 e. The van der Waals surface area contributed by atoms with Gasteiger partial charge in [0.2, 0.25) is 12.1 Å². The lowest BCUT2D eigenvalue weighted by Gasteiger charge is -2.11. The molecule has 0 aliphatic carbocycles. The molecule has 6 rings (SSSR count). The Morgan fingerprint density at radius 2 is 1.82 bits per heavy atom. The predicted molar refractivity (Wildman–Crippen MR) is 125 cm³/mol. The quantitative estimate of drug-likeness (QED) is 0.270. The van der Waals surface area contributed by atoms with E-state index in [1.807, 2.05) is 41.0 Å². The number of rotatable bonds is 5. The lowest BCUT2D eigenvalue weighted by molar-refractivity contribution is -0.663. The fraction of sp³-hybridized carbons (Fsp3) is 0.231. The highest BCUT2D eigenvalue weighted by Crippen LogP contribution is 2.40. The molecule has 0 saturated carbocycles. The van der Waals surface area contributed by atoms with Crippen LogP contribution in [-0.4, -0.2) is 23.6 Å². The predicted octanol–water partition coefficient (Wildman–Crippen LogP) is 1.50. The van der Waals surface area contributed by atoms with E-state index in [4.69, 9.17) is 9.47 Å². The molecule has 0 spiro atoms. The van der Waals surface area contributed by atoms with Crippen molar-refractivity contribution >= 4 is 32.7 Å². The molecule has 7 heteroatoms. The molecule has 4 aromatic rings. The maximum atomic E-state index is 13.0. The van der Waals surface area contributed by atoms with E-state index in [0.717, 1.165) is 53.1 Å². The summed E-state index contributed by atoms with van der Waals surface area (Å²) in [4.78, 5) is 13.0. The molecular formula is C26H22Br2N2O3. The lowest BCUT2D eigenvalue weighted by atomic mass is 9.99. The van der Waals surface area contributed by atoms with E-state index in [-0.39, 0.29) is 22.8 Å². The number of hydrogen-bond acceptors (Lipinski definition) is 3. The highest BCUT2D eigenvalue weighted by Gasteiger charge is 2.29. The topological polar surface area (TPSA) is 44.3 Å². The van der Waals surface area contributed by atoms with Gasteiger partial charge in [-0.25, -0.2) is 9.13 Å². The van der Waals surface area contributed by atoms with Gasteiger partial charge in [-0.1, -0.05) is 40.2 Å². The highest BCUT2D eigenvalue weighted by molar-refractivity contribution is 9.10. The Morgan fingerprint density at radius 1 is 1.03 bits per heavy atom. The monoisotopic (exact) mass is 568 g/mol. The Hall–Kier alpha value is -2.64. The third-order valence-corrected chi connectivity index (χ3v) is 6.88. The molecule has 0 atom stereocenters. The Bertz CT molecular complexity index is 1330. The summed E-state index contributed by atoms with van der Waals surface area (Å²) >= 11 is 3.43. The van der Waals surface area contributed by atoms with E-state index in [2.05, 4.69) is 45.0 Å². The molecule has 3 heterocycles. The van der Waals surface area contributed by atoms with Crippen LogP contribution in [0.1, 0.15) is 27.0 Å². The molecule has 168 valence electrons. The van der Waals surface area contributed by atoms with Crippen LogP contribution < -0.4 is 31.0 Å². The Morgan fingerprint density at radius 3 is 2.67 bits per heavy atom. The second kappa shape index (κ2) is 8.95. The van der Waals surface area contributed by atoms with Crippen molar-refractivity contribution in [2.75, 3.05) is 13.2 Å². The summed E-state index contributed by atoms with van der Waals surface area (Å²) in [6, 6.07) is 17.9. The minimum atomic E-state index is 0. The number of ketones is 1. The van der Waals surface area contributed by atoms with Gasteiger partial charge < -0.3 is 26.5 Å². The van der Waals surface area contributed by atoms with E-state index < -0.39 is 0 Å². The number of nitrogens with zero attached hydrogens (tertiary/aromatic N) is 2. The molecular weight excluding hydrogens is 548 g/mol. The Balaban J connectivity index is 0.00000228. The third kappa shape index (κ3) is 3.97. The van der Waals surface area contributed by atoms with E-state index in [9.17, 15) is 4.79 Å². The molecule has 0 N–H and O–H groups in total. The molecule has 0 saturated heterocycles. The Kier molecular flexibility index (Phi) is 6.01. The summed E-state index contributed by atoms with van der Waals surface area (Å²) in [6.45, 7) is 2.42. The van der Waals surface area contributed by atoms with Crippen LogP contribution in [0, 0.1) is 0 Å². The van der Waals surface area contributed by atoms with Crippen molar-refractivity contribution in [1.29, 1.82) is 0 Å². The lowest BCUT2D eigenvalue weighted by Crippen LogP contribution is -3.00. The van der Waals surface area contributed by atoms with Gasteiger partial charge in [0.25, 0.3) is 0 Å². The molecule has 0 bridgehead atoms. The van der Waals surface area contributed by atoms with Gasteiger partial charge in [-0.3, -0.25) is 4.79 Å². The summed E-state index contributed by atoms with van der Waals surface area (Å²) in [5.41, 5.74) is 6.54. The van der Waals surface area contributed by atoms with E-state index in [1.165, 1.54) is 16.7 Å². The standard InChI is InChI=1S/C26H22BrN2O3.BrH/c27-19-7-5-17(6-8-19)24(30)15-29-16-28(22-3-1-2-4-23(22)29)14-21-20-10-12-31-25(20)13-18-9-11-32-26(18)21;/h1-8,13,16H,9-12,14-15H2;1H/q+1;/p-1. The normalized spacial score (nSPS) is 13.7. The molecule has 1 aromatic heterocycles. The van der Waals surface area contributed by atoms with Crippen molar-refractivity contribution in [3.8, 4) is 11.5 Å². The maximum Gasteiger partial charge on any atom is 0.245 e. The minimum Gasteiger partial charge on any atom is -1.00 e. The zero-order valence-electron chi connectivity index (χ0n) is 17.9. The molecule has 0 fully saturated rings. The summed E-state index contributed by atoms with van der Waals surface area (Å²) in [5, 5.41) is 0. The SMILES string of the molecule is O=C(Cn1c[n+](Cc2c3c(cc4c2OCC4)OCC3)c2ccccc21)c1ccc(Br)cc1.[Br-]. The molecule has 2 aliphatic heterocycles. The fourth-order valence-electron chi connectivity index (χ4n) is 4.80. The summed E-state index contributed by atoms with van der Waals surface area (Å²) < 4.78 is 17.2. The van der Waals surface area contributed by atoms with Crippen LogP contribution in [0.3, 0.4) is 0 Å². The summed E-state index contributed by atoms with van der Waals surface area (Å²) in [5.74, 6) is 2.10. The van der Waals surface area contributed by atoms with Crippen molar-refractivity contribution in [2.24, 2.45) is 0 Å². The van der Waals surface area contributed by atoms with Crippen molar-refractivity contribution in [3.05, 3.63) is 87.7 Å². The zero-order valence-corrected chi connectivity index (χ0v) is 21.1. The van der Waals surface area contributed by atoms with Crippen LogP contribution in [0.25, 0.3) is 11.0 Å². The number of fused-ring (bicyclic) bond motifs is 3. The van der Waals surface area contributed by atoms with Crippen molar-refractivity contribution in [1.82, 2.24) is 4.57 Å². The van der Waals surface area contributed by atoms with E-state index >= 15 is 0 Å². The second-order valence-corrected chi connectivity index (χ2v) is 9.22. The molecule has 2 aliphatic rings. The van der Waals surface area contributed by atoms with Gasteiger partial charge >= 0.3 is 0 Å². The van der Waals surface area contributed by atoms with Crippen LogP contribution >= 0.6 is 15.9 Å². The van der Waals surface area contributed by atoms with E-state index in [1.54, 1.807) is 0 Å². The number of hydrogen-bond donors (Lipinski definition) is 0. The molecule has 33 heavy (non-hydrogen) atoms. The number of carbonyl (C=O) groups is 1. The van der Waals surface area contributed by atoms with Crippen LogP contribution in [0.5, 0.6) is 11.5 Å². The summed E-state index contributed by atoms with van der Waals surface area (Å²) in [6.07, 6.45) is 3.88. The number of carbonyl (C=O) groups excluding carboxylic acids is 1. The number of para-hydroxylation sites is 2. The van der Waals surface area contributed by atoms with Crippen LogP contribution in [-0.2, 0) is 25.9 Å². The van der Waals surface area contributed by atoms with Crippen molar-refractivity contribution in [3.63, 3.8) is 0 Å². The van der Waals surface area contributed by atoms with Gasteiger partial charge in [-0.2, -0.15) is 0 Å². The van der Waals surface area contributed by atoms with Gasteiger partial charge in [0.15, 0.2) is 17.6 Å². The van der Waals surface area contributed by atoms with Crippen molar-refractivity contribution < 1.29 is 35.8 Å². The van der Waals surface area contributed by atoms with Crippen molar-refractivity contribution in [2.45, 2.75) is 25.9 Å². The van der Waals surface area contributed by atoms with Crippen LogP contribution in [0.15, 0.2) is 65.4 Å². The summed E-state index contributed by atoms with van der Waals surface area (Å²) in [7, 11) is 0. The molecule has 3 aromatic carbocycles. The maximum absolute atomic E-state index is 13.0. The number of Topliss-reactive ketones (excluding diaryl/α,β-unsaturated/α-hetero) is 1. The number of aromatic nitrogens is 2. The number of benzene rings is 3. The average molecular weight is 570 g/mol. The first-order valence-electron chi connectivity index (χ1n) is 10.9. The first kappa shape index (κ1) is 22.2. The number of halogens is 2. The smallest absolute Gasteiger partial charge is 0.245 e. The Labute approximate surface area is 210 Å². The first-order chi connectivity index (χ1) is 15.7. The number of imidazole rings is 1. The fourth-order valence-corrected chi connectivity index (χ4v) is 5.06.